The van der Waals surface area contributed by atoms with Gasteiger partial charge in [0.25, 0.3) is 0 Å². The van der Waals surface area contributed by atoms with E-state index >= 15 is 0 Å². The van der Waals surface area contributed by atoms with Gasteiger partial charge in [-0.3, -0.25) is 0 Å². The lowest BCUT2D eigenvalue weighted by Crippen LogP contribution is -2.32. The number of rotatable bonds is 3. The first-order valence-corrected chi connectivity index (χ1v) is 5.04. The maximum Gasteiger partial charge on any atom is 0.312 e. The van der Waals surface area contributed by atoms with Crippen molar-refractivity contribution in [2.45, 2.75) is 19.5 Å². The van der Waals surface area contributed by atoms with Gasteiger partial charge in [0, 0.05) is 38.3 Å². The van der Waals surface area contributed by atoms with Crippen LogP contribution in [0.2, 0.25) is 0 Å². The zero-order valence-corrected chi connectivity index (χ0v) is 8.49. The number of primary amides is 1. The van der Waals surface area contributed by atoms with Crippen LogP contribution < -0.4 is 16.4 Å². The lowest BCUT2D eigenvalue weighted by molar-refractivity contribution is 0.248. The lowest BCUT2D eigenvalue weighted by Gasteiger charge is -2.15. The van der Waals surface area contributed by atoms with E-state index in [4.69, 9.17) is 5.73 Å². The first-order chi connectivity index (χ1) is 7.27. The van der Waals surface area contributed by atoms with E-state index in [-0.39, 0.29) is 0 Å². The molecular formula is C9H15N5O. The maximum atomic E-state index is 10.5. The Kier molecular flexibility index (Phi) is 2.86. The van der Waals surface area contributed by atoms with Crippen LogP contribution in [-0.2, 0) is 19.5 Å². The van der Waals surface area contributed by atoms with Crippen LogP contribution in [0.3, 0.4) is 0 Å². The number of urea groups is 1. The van der Waals surface area contributed by atoms with Gasteiger partial charge < -0.3 is 20.9 Å². The predicted octanol–water partition coefficient (Wildman–Crippen LogP) is -0.803. The molecule has 0 atom stereocenters. The number of nitrogens with zero attached hydrogens (tertiary/aromatic N) is 2. The highest BCUT2D eigenvalue weighted by Crippen LogP contribution is 2.11. The van der Waals surface area contributed by atoms with Crippen molar-refractivity contribution in [2.24, 2.45) is 5.73 Å². The van der Waals surface area contributed by atoms with E-state index in [0.29, 0.717) is 6.54 Å². The van der Waals surface area contributed by atoms with Gasteiger partial charge in [0.2, 0.25) is 0 Å². The quantitative estimate of drug-likeness (QED) is 0.609. The van der Waals surface area contributed by atoms with Crippen molar-refractivity contribution in [2.75, 3.05) is 13.1 Å². The molecule has 1 aromatic heterocycles. The molecule has 0 saturated heterocycles. The molecule has 2 rings (SSSR count). The summed E-state index contributed by atoms with van der Waals surface area (Å²) in [5, 5.41) is 5.83. The SMILES string of the molecule is NC(=O)NCCn1cnc2c1CCNC2. The van der Waals surface area contributed by atoms with E-state index in [1.54, 1.807) is 0 Å². The summed E-state index contributed by atoms with van der Waals surface area (Å²) in [6, 6.07) is -0.481. The summed E-state index contributed by atoms with van der Waals surface area (Å²) in [7, 11) is 0. The van der Waals surface area contributed by atoms with Crippen LogP contribution in [0.15, 0.2) is 6.33 Å². The van der Waals surface area contributed by atoms with Gasteiger partial charge in [-0.15, -0.1) is 0 Å². The van der Waals surface area contributed by atoms with Crippen molar-refractivity contribution < 1.29 is 4.79 Å². The molecule has 0 bridgehead atoms. The van der Waals surface area contributed by atoms with E-state index in [0.717, 1.165) is 31.7 Å². The molecule has 0 spiro atoms. The first-order valence-electron chi connectivity index (χ1n) is 5.04. The van der Waals surface area contributed by atoms with Gasteiger partial charge in [0.1, 0.15) is 0 Å². The number of nitrogens with two attached hydrogens (primary N) is 1. The highest BCUT2D eigenvalue weighted by atomic mass is 16.2. The molecule has 82 valence electrons. The van der Waals surface area contributed by atoms with Crippen LogP contribution >= 0.6 is 0 Å². The summed E-state index contributed by atoms with van der Waals surface area (Å²) in [6.45, 7) is 3.10. The molecule has 15 heavy (non-hydrogen) atoms. The fraction of sp³-hybridized carbons (Fsp3) is 0.556. The fourth-order valence-corrected chi connectivity index (χ4v) is 1.79. The van der Waals surface area contributed by atoms with E-state index in [1.165, 1.54) is 5.69 Å². The maximum absolute atomic E-state index is 10.5. The summed E-state index contributed by atoms with van der Waals surface area (Å²) in [5.41, 5.74) is 7.36. The smallest absolute Gasteiger partial charge is 0.312 e. The number of nitrogens with one attached hydrogen (secondary N) is 2. The second-order valence-corrected chi connectivity index (χ2v) is 3.55. The van der Waals surface area contributed by atoms with Gasteiger partial charge >= 0.3 is 6.03 Å². The number of hydrogen-bond acceptors (Lipinski definition) is 3. The number of amides is 2. The molecule has 0 fully saturated rings. The second-order valence-electron chi connectivity index (χ2n) is 3.55. The summed E-state index contributed by atoms with van der Waals surface area (Å²) in [4.78, 5) is 14.8. The number of carbonyl (C=O) groups is 1. The number of aromatic nitrogens is 2. The van der Waals surface area contributed by atoms with Gasteiger partial charge in [-0.1, -0.05) is 0 Å². The van der Waals surface area contributed by atoms with Gasteiger partial charge in [0.05, 0.1) is 12.0 Å². The van der Waals surface area contributed by atoms with Gasteiger partial charge in [-0.25, -0.2) is 9.78 Å². The van der Waals surface area contributed by atoms with Crippen molar-refractivity contribution in [3.63, 3.8) is 0 Å². The molecule has 0 radical (unpaired) electrons. The van der Waals surface area contributed by atoms with Crippen molar-refractivity contribution in [3.8, 4) is 0 Å². The molecule has 0 aromatic carbocycles. The van der Waals surface area contributed by atoms with Crippen LogP contribution in [-0.4, -0.2) is 28.7 Å². The Balaban J connectivity index is 1.96. The van der Waals surface area contributed by atoms with Crippen molar-refractivity contribution in [1.82, 2.24) is 20.2 Å². The normalized spacial score (nSPS) is 14.7. The van der Waals surface area contributed by atoms with Crippen molar-refractivity contribution >= 4 is 6.03 Å². The zero-order valence-electron chi connectivity index (χ0n) is 8.49. The van der Waals surface area contributed by atoms with E-state index in [9.17, 15) is 4.79 Å². The van der Waals surface area contributed by atoms with Crippen LogP contribution in [0.4, 0.5) is 4.79 Å². The topological polar surface area (TPSA) is 85.0 Å². The molecule has 2 heterocycles. The Morgan fingerprint density at radius 1 is 1.73 bits per heavy atom. The largest absolute Gasteiger partial charge is 0.352 e. The highest BCUT2D eigenvalue weighted by molar-refractivity contribution is 5.71. The zero-order chi connectivity index (χ0) is 10.7. The molecule has 0 aliphatic carbocycles. The molecule has 4 N–H and O–H groups in total. The summed E-state index contributed by atoms with van der Waals surface area (Å²) < 4.78 is 2.08. The standard InChI is InChI=1S/C9H15N5O/c10-9(15)12-3-4-14-6-13-7-5-11-2-1-8(7)14/h6,11H,1-5H2,(H3,10,12,15). The molecule has 0 unspecified atom stereocenters. The van der Waals surface area contributed by atoms with E-state index in [1.807, 2.05) is 6.33 Å². The van der Waals surface area contributed by atoms with Gasteiger partial charge in [-0.2, -0.15) is 0 Å². The molecular weight excluding hydrogens is 194 g/mol. The number of fused-ring (bicyclic) bond motifs is 1. The minimum atomic E-state index is -0.481. The van der Waals surface area contributed by atoms with Crippen LogP contribution in [0.5, 0.6) is 0 Å². The minimum absolute atomic E-state index is 0.481. The molecule has 1 aliphatic rings. The monoisotopic (exact) mass is 209 g/mol. The first kappa shape index (κ1) is 9.97. The molecule has 1 aliphatic heterocycles. The van der Waals surface area contributed by atoms with Gasteiger partial charge in [0.15, 0.2) is 0 Å². The molecule has 0 saturated carbocycles. The average Bonchev–Trinajstić information content (AvgIpc) is 2.62. The van der Waals surface area contributed by atoms with E-state index < -0.39 is 6.03 Å². The van der Waals surface area contributed by atoms with Crippen molar-refractivity contribution in [3.05, 3.63) is 17.7 Å². The summed E-state index contributed by atoms with van der Waals surface area (Å²) >= 11 is 0. The number of hydrogen-bond donors (Lipinski definition) is 3. The Labute approximate surface area is 87.9 Å². The number of imidazole rings is 1. The average molecular weight is 209 g/mol. The molecule has 6 nitrogen and oxygen atoms in total. The summed E-state index contributed by atoms with van der Waals surface area (Å²) in [5.74, 6) is 0. The van der Waals surface area contributed by atoms with Crippen molar-refractivity contribution in [1.29, 1.82) is 0 Å². The van der Waals surface area contributed by atoms with Crippen LogP contribution in [0.1, 0.15) is 11.4 Å². The third-order valence-electron chi connectivity index (χ3n) is 2.52. The third kappa shape index (κ3) is 2.27. The predicted molar refractivity (Wildman–Crippen MR) is 55.2 cm³/mol. The minimum Gasteiger partial charge on any atom is -0.352 e. The van der Waals surface area contributed by atoms with Gasteiger partial charge in [-0.05, 0) is 0 Å². The third-order valence-corrected chi connectivity index (χ3v) is 2.52. The Morgan fingerprint density at radius 3 is 3.40 bits per heavy atom. The Morgan fingerprint density at radius 2 is 2.60 bits per heavy atom. The molecule has 1 aromatic rings. The molecule has 6 heteroatoms. The Hall–Kier alpha value is -1.56. The summed E-state index contributed by atoms with van der Waals surface area (Å²) in [6.07, 6.45) is 2.81. The van der Waals surface area contributed by atoms with Crippen LogP contribution in [0, 0.1) is 0 Å². The van der Waals surface area contributed by atoms with Crippen LogP contribution in [0.25, 0.3) is 0 Å². The number of carbonyl (C=O) groups excluding carboxylic acids is 1. The fourth-order valence-electron chi connectivity index (χ4n) is 1.79. The lowest BCUT2D eigenvalue weighted by atomic mass is 10.2. The molecule has 2 amide bonds. The highest BCUT2D eigenvalue weighted by Gasteiger charge is 2.13. The Bertz CT molecular complexity index is 359. The second kappa shape index (κ2) is 4.31. The van der Waals surface area contributed by atoms with E-state index in [2.05, 4.69) is 20.2 Å².